The number of aliphatic hydroxyl groups is 1. The van der Waals surface area contributed by atoms with Gasteiger partial charge in [0, 0.05) is 13.1 Å². The molecule has 1 aliphatic rings. The van der Waals surface area contributed by atoms with Gasteiger partial charge in [0.15, 0.2) is 0 Å². The summed E-state index contributed by atoms with van der Waals surface area (Å²) in [5, 5.41) is 9.91. The molecule has 1 fully saturated rings. The second kappa shape index (κ2) is 5.72. The van der Waals surface area contributed by atoms with Gasteiger partial charge in [-0.25, -0.2) is 0 Å². The highest BCUT2D eigenvalue weighted by atomic mass is 16.3. The predicted octanol–water partition coefficient (Wildman–Crippen LogP) is 2.13. The molecule has 3 unspecified atom stereocenters. The van der Waals surface area contributed by atoms with Crippen LogP contribution in [-0.4, -0.2) is 35.7 Å². The normalized spacial score (nSPS) is 28.7. The van der Waals surface area contributed by atoms with Crippen molar-refractivity contribution in [2.24, 2.45) is 11.8 Å². The lowest BCUT2D eigenvalue weighted by Gasteiger charge is -2.33. The summed E-state index contributed by atoms with van der Waals surface area (Å²) in [5.41, 5.74) is 0. The first-order chi connectivity index (χ1) is 6.63. The van der Waals surface area contributed by atoms with Gasteiger partial charge in [-0.3, -0.25) is 0 Å². The summed E-state index contributed by atoms with van der Waals surface area (Å²) in [7, 11) is 0. The molecular formula is C12H25NO. The van der Waals surface area contributed by atoms with Crippen LogP contribution in [0.25, 0.3) is 0 Å². The van der Waals surface area contributed by atoms with Crippen molar-refractivity contribution in [3.8, 4) is 0 Å². The Hall–Kier alpha value is -0.0800. The molecular weight excluding hydrogens is 174 g/mol. The maximum Gasteiger partial charge on any atom is 0.0692 e. The van der Waals surface area contributed by atoms with Crippen molar-refractivity contribution < 1.29 is 5.11 Å². The van der Waals surface area contributed by atoms with Gasteiger partial charge >= 0.3 is 0 Å². The van der Waals surface area contributed by atoms with Crippen LogP contribution in [-0.2, 0) is 0 Å². The molecule has 1 heterocycles. The molecule has 2 heteroatoms. The highest BCUT2D eigenvalue weighted by Gasteiger charge is 2.20. The zero-order chi connectivity index (χ0) is 10.6. The summed E-state index contributed by atoms with van der Waals surface area (Å²) in [4.78, 5) is 2.42. The molecule has 3 atom stereocenters. The van der Waals surface area contributed by atoms with Crippen molar-refractivity contribution in [1.82, 2.24) is 4.90 Å². The highest BCUT2D eigenvalue weighted by Crippen LogP contribution is 2.17. The molecule has 0 amide bonds. The van der Waals surface area contributed by atoms with Crippen molar-refractivity contribution in [3.63, 3.8) is 0 Å². The molecule has 0 saturated carbocycles. The van der Waals surface area contributed by atoms with E-state index in [1.165, 1.54) is 25.9 Å². The monoisotopic (exact) mass is 199 g/mol. The lowest BCUT2D eigenvalue weighted by atomic mass is 9.97. The third kappa shape index (κ3) is 3.58. The number of piperidine rings is 1. The van der Waals surface area contributed by atoms with E-state index in [1.54, 1.807) is 0 Å². The van der Waals surface area contributed by atoms with Crippen molar-refractivity contribution in [1.29, 1.82) is 0 Å². The minimum atomic E-state index is -0.134. The molecule has 0 aliphatic carbocycles. The lowest BCUT2D eigenvalue weighted by molar-refractivity contribution is 0.0525. The Kier molecular flexibility index (Phi) is 4.90. The van der Waals surface area contributed by atoms with Crippen LogP contribution >= 0.6 is 0 Å². The maximum atomic E-state index is 9.91. The van der Waals surface area contributed by atoms with Crippen LogP contribution in [0.2, 0.25) is 0 Å². The Labute approximate surface area is 88.3 Å². The Bertz CT molecular complexity index is 160. The number of hydrogen-bond acceptors (Lipinski definition) is 2. The Morgan fingerprint density at radius 2 is 2.21 bits per heavy atom. The summed E-state index contributed by atoms with van der Waals surface area (Å²) in [6, 6.07) is 0. The first-order valence-corrected chi connectivity index (χ1v) is 6.04. The Balaban J connectivity index is 2.28. The van der Waals surface area contributed by atoms with Crippen molar-refractivity contribution >= 4 is 0 Å². The van der Waals surface area contributed by atoms with Gasteiger partial charge in [-0.2, -0.15) is 0 Å². The van der Waals surface area contributed by atoms with E-state index in [2.05, 4.69) is 25.7 Å². The molecule has 0 spiro atoms. The van der Waals surface area contributed by atoms with Gasteiger partial charge in [0.1, 0.15) is 0 Å². The summed E-state index contributed by atoms with van der Waals surface area (Å²) in [6.45, 7) is 9.82. The van der Waals surface area contributed by atoms with Crippen molar-refractivity contribution in [3.05, 3.63) is 0 Å². The van der Waals surface area contributed by atoms with Crippen LogP contribution in [0.15, 0.2) is 0 Å². The lowest BCUT2D eigenvalue weighted by Crippen LogP contribution is -2.41. The summed E-state index contributed by atoms with van der Waals surface area (Å²) >= 11 is 0. The molecule has 2 nitrogen and oxygen atoms in total. The molecule has 1 saturated heterocycles. The van der Waals surface area contributed by atoms with E-state index in [9.17, 15) is 5.11 Å². The fourth-order valence-corrected chi connectivity index (χ4v) is 2.17. The Morgan fingerprint density at radius 3 is 2.79 bits per heavy atom. The van der Waals surface area contributed by atoms with Gasteiger partial charge in [-0.05, 0) is 31.2 Å². The average molecular weight is 199 g/mol. The zero-order valence-corrected chi connectivity index (χ0v) is 9.87. The predicted molar refractivity (Wildman–Crippen MR) is 60.3 cm³/mol. The second-order valence-electron chi connectivity index (χ2n) is 4.96. The van der Waals surface area contributed by atoms with Crippen LogP contribution in [0, 0.1) is 11.8 Å². The smallest absolute Gasteiger partial charge is 0.0692 e. The highest BCUT2D eigenvalue weighted by molar-refractivity contribution is 4.74. The SMILES string of the molecule is CCC(C)C(O)CN1CCCC(C)C1. The van der Waals surface area contributed by atoms with Crippen LogP contribution in [0.1, 0.15) is 40.0 Å². The van der Waals surface area contributed by atoms with Crippen molar-refractivity contribution in [2.75, 3.05) is 19.6 Å². The van der Waals surface area contributed by atoms with E-state index in [4.69, 9.17) is 0 Å². The molecule has 1 rings (SSSR count). The average Bonchev–Trinajstić information content (AvgIpc) is 2.16. The molecule has 0 aromatic carbocycles. The minimum absolute atomic E-state index is 0.134. The fourth-order valence-electron chi connectivity index (χ4n) is 2.17. The van der Waals surface area contributed by atoms with Gasteiger partial charge in [-0.1, -0.05) is 27.2 Å². The fraction of sp³-hybridized carbons (Fsp3) is 1.00. The van der Waals surface area contributed by atoms with E-state index in [0.29, 0.717) is 5.92 Å². The third-order valence-electron chi connectivity index (χ3n) is 3.49. The third-order valence-corrected chi connectivity index (χ3v) is 3.49. The standard InChI is InChI=1S/C12H25NO/c1-4-11(3)12(14)9-13-7-5-6-10(2)8-13/h10-12,14H,4-9H2,1-3H3. The van der Waals surface area contributed by atoms with E-state index in [0.717, 1.165) is 18.9 Å². The molecule has 84 valence electrons. The number of β-amino-alcohol motifs (C(OH)–C–C–N with tert-alkyl or cyclic N) is 1. The number of rotatable bonds is 4. The molecule has 1 aliphatic heterocycles. The van der Waals surface area contributed by atoms with Gasteiger partial charge < -0.3 is 10.0 Å². The molecule has 0 aromatic heterocycles. The Morgan fingerprint density at radius 1 is 1.50 bits per heavy atom. The van der Waals surface area contributed by atoms with Gasteiger partial charge in [0.25, 0.3) is 0 Å². The second-order valence-corrected chi connectivity index (χ2v) is 4.96. The maximum absolute atomic E-state index is 9.91. The topological polar surface area (TPSA) is 23.5 Å². The summed E-state index contributed by atoms with van der Waals surface area (Å²) in [5.74, 6) is 1.25. The van der Waals surface area contributed by atoms with Gasteiger partial charge in [-0.15, -0.1) is 0 Å². The molecule has 14 heavy (non-hydrogen) atoms. The first kappa shape index (κ1) is 12.0. The quantitative estimate of drug-likeness (QED) is 0.749. The van der Waals surface area contributed by atoms with Crippen LogP contribution < -0.4 is 0 Å². The number of likely N-dealkylation sites (tertiary alicyclic amines) is 1. The van der Waals surface area contributed by atoms with Crippen molar-refractivity contribution in [2.45, 2.75) is 46.1 Å². The number of hydrogen-bond donors (Lipinski definition) is 1. The molecule has 0 radical (unpaired) electrons. The van der Waals surface area contributed by atoms with Gasteiger partial charge in [0.2, 0.25) is 0 Å². The van der Waals surface area contributed by atoms with Crippen LogP contribution in [0.3, 0.4) is 0 Å². The van der Waals surface area contributed by atoms with Crippen LogP contribution in [0.4, 0.5) is 0 Å². The number of nitrogens with zero attached hydrogens (tertiary/aromatic N) is 1. The van der Waals surface area contributed by atoms with E-state index in [-0.39, 0.29) is 6.10 Å². The van der Waals surface area contributed by atoms with Gasteiger partial charge in [0.05, 0.1) is 6.10 Å². The molecule has 0 aromatic rings. The largest absolute Gasteiger partial charge is 0.392 e. The first-order valence-electron chi connectivity index (χ1n) is 6.04. The molecule has 0 bridgehead atoms. The zero-order valence-electron chi connectivity index (χ0n) is 9.87. The molecule has 1 N–H and O–H groups in total. The van der Waals surface area contributed by atoms with Crippen LogP contribution in [0.5, 0.6) is 0 Å². The van der Waals surface area contributed by atoms with E-state index >= 15 is 0 Å². The summed E-state index contributed by atoms with van der Waals surface area (Å²) in [6.07, 6.45) is 3.60. The minimum Gasteiger partial charge on any atom is -0.392 e. The van der Waals surface area contributed by atoms with E-state index < -0.39 is 0 Å². The number of aliphatic hydroxyl groups excluding tert-OH is 1. The van der Waals surface area contributed by atoms with E-state index in [1.807, 2.05) is 0 Å². The summed E-state index contributed by atoms with van der Waals surface area (Å²) < 4.78 is 0.